The van der Waals surface area contributed by atoms with E-state index < -0.39 is 5.41 Å². The average Bonchev–Trinajstić information content (AvgIpc) is 1.62. The molecule has 0 fully saturated rings. The van der Waals surface area contributed by atoms with Crippen molar-refractivity contribution < 1.29 is 0 Å². The minimum Gasteiger partial charge on any atom is -0.310 e. The first-order chi connectivity index (χ1) is 43.1. The molecule has 0 spiro atoms. The number of anilines is 6. The lowest BCUT2D eigenvalue weighted by Gasteiger charge is -2.37. The van der Waals surface area contributed by atoms with Crippen LogP contribution in [0.25, 0.3) is 77.9 Å². The summed E-state index contributed by atoms with van der Waals surface area (Å²) in [5.41, 5.74) is 26.6. The van der Waals surface area contributed by atoms with Crippen LogP contribution in [0.5, 0.6) is 0 Å². The molecule has 87 heavy (non-hydrogen) atoms. The quantitative estimate of drug-likeness (QED) is 0.107. The maximum Gasteiger partial charge on any atom is 0.0715 e. The Bertz CT molecular complexity index is 4190. The highest BCUT2D eigenvalue weighted by Crippen LogP contribution is 2.58. The van der Waals surface area contributed by atoms with Crippen molar-refractivity contribution >= 4 is 34.1 Å². The Morgan fingerprint density at radius 2 is 0.379 bits per heavy atom. The highest BCUT2D eigenvalue weighted by atomic mass is 15.1. The van der Waals surface area contributed by atoms with Gasteiger partial charge in [0, 0.05) is 34.1 Å². The van der Waals surface area contributed by atoms with Gasteiger partial charge in [-0.25, -0.2) is 0 Å². The van der Waals surface area contributed by atoms with Gasteiger partial charge in [0.25, 0.3) is 0 Å². The number of hydrogen-bond donors (Lipinski definition) is 0. The SMILES string of the molecule is c1ccc(-c2ccc(N(c3ccc(-c4ccccc4)cc3)c3cc(-c4ccccc4)cc(C4(c5cc(-c6ccccc6)cc(N(c6ccc(-c7ccccc7)cc6)c6ccc(-c7ccccc7)cc6)c5)c5ccccc5-c5ccccc54)c3)cc2)cc1. The lowest BCUT2D eigenvalue weighted by molar-refractivity contribution is 0.769. The first kappa shape index (κ1) is 52.5. The van der Waals surface area contributed by atoms with E-state index in [9.17, 15) is 0 Å². The molecule has 1 aliphatic rings. The second kappa shape index (κ2) is 23.0. The molecule has 2 heteroatoms. The van der Waals surface area contributed by atoms with Crippen LogP contribution in [-0.4, -0.2) is 0 Å². The average molecular weight is 1110 g/mol. The number of benzene rings is 14. The summed E-state index contributed by atoms with van der Waals surface area (Å²) in [5, 5.41) is 0. The lowest BCUT2D eigenvalue weighted by atomic mass is 9.66. The summed E-state index contributed by atoms with van der Waals surface area (Å²) in [6.07, 6.45) is 0. The normalized spacial score (nSPS) is 12.0. The van der Waals surface area contributed by atoms with Gasteiger partial charge in [-0.15, -0.1) is 0 Å². The minimum atomic E-state index is -0.841. The molecule has 0 N–H and O–H groups in total. The minimum absolute atomic E-state index is 0.841. The molecule has 0 amide bonds. The van der Waals surface area contributed by atoms with Crippen molar-refractivity contribution in [3.8, 4) is 77.9 Å². The molecule has 14 aromatic rings. The molecule has 0 radical (unpaired) electrons. The molecular weight excluding hydrogens is 1050 g/mol. The highest BCUT2D eigenvalue weighted by molar-refractivity contribution is 5.92. The fraction of sp³-hybridized carbons (Fsp3) is 0.0118. The van der Waals surface area contributed by atoms with E-state index in [0.717, 1.165) is 89.8 Å². The van der Waals surface area contributed by atoms with Crippen LogP contribution in [0.15, 0.2) is 364 Å². The van der Waals surface area contributed by atoms with Gasteiger partial charge in [0.05, 0.1) is 5.41 Å². The van der Waals surface area contributed by atoms with E-state index >= 15 is 0 Å². The monoisotopic (exact) mass is 1110 g/mol. The standard InChI is InChI=1S/C85H60N2/c1-7-23-61(24-8-1)67-39-47-75(48-40-67)86(76-49-41-68(42-50-76)62-25-9-2-10-26-62)79-57-71(65-31-15-5-16-32-65)55-73(59-79)85(83-37-21-19-35-81(83)82-36-20-22-38-84(82)85)74-56-72(66-33-17-6-18-34-66)58-80(60-74)87(77-51-43-69(44-52-77)63-27-11-3-12-28-63)78-53-45-70(46-54-78)64-29-13-4-14-30-64/h1-60H. The van der Waals surface area contributed by atoms with E-state index in [1.807, 2.05) is 0 Å². The van der Waals surface area contributed by atoms with Gasteiger partial charge in [0.15, 0.2) is 0 Å². The molecule has 0 saturated heterocycles. The number of fused-ring (bicyclic) bond motifs is 3. The molecule has 1 aliphatic carbocycles. The number of nitrogens with zero attached hydrogens (tertiary/aromatic N) is 2. The molecule has 0 heterocycles. The van der Waals surface area contributed by atoms with Gasteiger partial charge in [-0.3, -0.25) is 0 Å². The van der Waals surface area contributed by atoms with Crippen molar-refractivity contribution in [2.45, 2.75) is 5.41 Å². The molecule has 0 bridgehead atoms. The summed E-state index contributed by atoms with van der Waals surface area (Å²) < 4.78 is 0. The fourth-order valence-electron chi connectivity index (χ4n) is 13.2. The van der Waals surface area contributed by atoms with E-state index in [1.54, 1.807) is 0 Å². The van der Waals surface area contributed by atoms with Crippen LogP contribution in [0.1, 0.15) is 22.3 Å². The van der Waals surface area contributed by atoms with Crippen LogP contribution in [0.3, 0.4) is 0 Å². The third kappa shape index (κ3) is 9.99. The molecule has 14 aromatic carbocycles. The lowest BCUT2D eigenvalue weighted by Crippen LogP contribution is -2.29. The van der Waals surface area contributed by atoms with Crippen LogP contribution in [-0.2, 0) is 5.41 Å². The van der Waals surface area contributed by atoms with Crippen LogP contribution in [0.2, 0.25) is 0 Å². The van der Waals surface area contributed by atoms with Gasteiger partial charge < -0.3 is 9.80 Å². The third-order valence-corrected chi connectivity index (χ3v) is 17.3. The smallest absolute Gasteiger partial charge is 0.0715 e. The Kier molecular flexibility index (Phi) is 13.9. The van der Waals surface area contributed by atoms with E-state index in [1.165, 1.54) is 44.5 Å². The van der Waals surface area contributed by atoms with Gasteiger partial charge in [-0.1, -0.05) is 279 Å². The molecular formula is C85H60N2. The molecule has 0 atom stereocenters. The third-order valence-electron chi connectivity index (χ3n) is 17.3. The number of rotatable bonds is 14. The van der Waals surface area contributed by atoms with E-state index in [4.69, 9.17) is 0 Å². The Morgan fingerprint density at radius 1 is 0.161 bits per heavy atom. The van der Waals surface area contributed by atoms with E-state index in [-0.39, 0.29) is 0 Å². The molecule has 0 unspecified atom stereocenters. The Morgan fingerprint density at radius 3 is 0.644 bits per heavy atom. The zero-order chi connectivity index (χ0) is 57.9. The summed E-state index contributed by atoms with van der Waals surface area (Å²) in [4.78, 5) is 4.90. The van der Waals surface area contributed by atoms with Gasteiger partial charge in [-0.05, 0) is 185 Å². The molecule has 2 nitrogen and oxygen atoms in total. The summed E-state index contributed by atoms with van der Waals surface area (Å²) in [5.74, 6) is 0. The van der Waals surface area contributed by atoms with Crippen LogP contribution in [0.4, 0.5) is 34.1 Å². The summed E-state index contributed by atoms with van der Waals surface area (Å²) >= 11 is 0. The zero-order valence-corrected chi connectivity index (χ0v) is 48.0. The summed E-state index contributed by atoms with van der Waals surface area (Å²) in [6.45, 7) is 0. The van der Waals surface area contributed by atoms with Gasteiger partial charge >= 0.3 is 0 Å². The van der Waals surface area contributed by atoms with Gasteiger partial charge in [-0.2, -0.15) is 0 Å². The van der Waals surface area contributed by atoms with Crippen LogP contribution < -0.4 is 9.80 Å². The van der Waals surface area contributed by atoms with Gasteiger partial charge in [0.1, 0.15) is 0 Å². The van der Waals surface area contributed by atoms with Crippen molar-refractivity contribution in [1.29, 1.82) is 0 Å². The Balaban J connectivity index is 1.00. The Labute approximate surface area is 510 Å². The Hall–Kier alpha value is -11.3. The van der Waals surface area contributed by atoms with Crippen molar-refractivity contribution in [2.75, 3.05) is 9.80 Å². The predicted octanol–water partition coefficient (Wildman–Crippen LogP) is 23.0. The van der Waals surface area contributed by atoms with Gasteiger partial charge in [0.2, 0.25) is 0 Å². The summed E-state index contributed by atoms with van der Waals surface area (Å²) in [6, 6.07) is 134. The highest BCUT2D eigenvalue weighted by Gasteiger charge is 2.47. The fourth-order valence-corrected chi connectivity index (χ4v) is 13.2. The van der Waals surface area contributed by atoms with E-state index in [0.29, 0.717) is 0 Å². The van der Waals surface area contributed by atoms with E-state index in [2.05, 4.69) is 374 Å². The van der Waals surface area contributed by atoms with Crippen molar-refractivity contribution in [1.82, 2.24) is 0 Å². The second-order valence-corrected chi connectivity index (χ2v) is 22.4. The molecule has 0 saturated carbocycles. The molecule has 410 valence electrons. The number of hydrogen-bond acceptors (Lipinski definition) is 2. The van der Waals surface area contributed by atoms with Crippen LogP contribution >= 0.6 is 0 Å². The maximum atomic E-state index is 2.48. The first-order valence-electron chi connectivity index (χ1n) is 30.0. The van der Waals surface area contributed by atoms with Crippen molar-refractivity contribution in [3.63, 3.8) is 0 Å². The second-order valence-electron chi connectivity index (χ2n) is 22.4. The topological polar surface area (TPSA) is 6.48 Å². The summed E-state index contributed by atoms with van der Waals surface area (Å²) in [7, 11) is 0. The molecule has 0 aromatic heterocycles. The maximum absolute atomic E-state index is 2.48. The first-order valence-corrected chi connectivity index (χ1v) is 30.0. The largest absolute Gasteiger partial charge is 0.310 e. The van der Waals surface area contributed by atoms with Crippen molar-refractivity contribution in [2.24, 2.45) is 0 Å². The van der Waals surface area contributed by atoms with Crippen LogP contribution in [0, 0.1) is 0 Å². The predicted molar refractivity (Wildman–Crippen MR) is 366 cm³/mol. The van der Waals surface area contributed by atoms with Crippen molar-refractivity contribution in [3.05, 3.63) is 386 Å². The zero-order valence-electron chi connectivity index (χ0n) is 48.0. The molecule has 0 aliphatic heterocycles. The molecule has 15 rings (SSSR count).